The Bertz CT molecular complexity index is 665. The van der Waals surface area contributed by atoms with E-state index in [-0.39, 0.29) is 22.7 Å². The number of thiol groups is 1. The Morgan fingerprint density at radius 3 is 2.72 bits per heavy atom. The van der Waals surface area contributed by atoms with Crippen molar-refractivity contribution >= 4 is 22.3 Å². The molecular formula is C11H12N2O4S. The fourth-order valence-corrected chi connectivity index (χ4v) is 1.87. The summed E-state index contributed by atoms with van der Waals surface area (Å²) in [6, 6.07) is 3.16. The van der Waals surface area contributed by atoms with Crippen molar-refractivity contribution in [3.63, 3.8) is 0 Å². The third-order valence-electron chi connectivity index (χ3n) is 2.34. The zero-order valence-electron chi connectivity index (χ0n) is 9.86. The van der Waals surface area contributed by atoms with Crippen LogP contribution in [0.3, 0.4) is 0 Å². The molecule has 2 rings (SSSR count). The van der Waals surface area contributed by atoms with Crippen molar-refractivity contribution in [2.24, 2.45) is 5.92 Å². The summed E-state index contributed by atoms with van der Waals surface area (Å²) >= 11 is 0. The number of nitrogens with zero attached hydrogens (tertiary/aromatic N) is 2. The van der Waals surface area contributed by atoms with E-state index in [1.165, 1.54) is 16.8 Å². The van der Waals surface area contributed by atoms with E-state index in [1.807, 2.05) is 0 Å². The number of imidazole rings is 1. The Labute approximate surface area is 105 Å². The van der Waals surface area contributed by atoms with Gasteiger partial charge in [0.15, 0.2) is 15.7 Å². The molecule has 0 amide bonds. The molecule has 0 fully saturated rings. The SMILES string of the molecule is CC(C)C(=O)Oc1ccc2ncc([SH](=O)=O)n2c1. The highest BCUT2D eigenvalue weighted by Crippen LogP contribution is 2.16. The molecule has 0 atom stereocenters. The smallest absolute Gasteiger partial charge is 0.313 e. The average molecular weight is 268 g/mol. The second-order valence-corrected chi connectivity index (χ2v) is 5.01. The molecule has 0 aromatic carbocycles. The van der Waals surface area contributed by atoms with Crippen molar-refractivity contribution in [3.05, 3.63) is 24.5 Å². The minimum atomic E-state index is -2.74. The van der Waals surface area contributed by atoms with E-state index in [0.717, 1.165) is 0 Å². The van der Waals surface area contributed by atoms with Crippen LogP contribution in [0.2, 0.25) is 0 Å². The highest BCUT2D eigenvalue weighted by atomic mass is 32.2. The van der Waals surface area contributed by atoms with Gasteiger partial charge in [-0.3, -0.25) is 9.20 Å². The van der Waals surface area contributed by atoms with Gasteiger partial charge >= 0.3 is 5.97 Å². The van der Waals surface area contributed by atoms with Crippen LogP contribution in [0.25, 0.3) is 5.65 Å². The summed E-state index contributed by atoms with van der Waals surface area (Å²) in [6.45, 7) is 3.44. The standard InChI is InChI=1S/C11H12N2O4S/c1-7(2)11(14)17-8-3-4-9-12-5-10(18(15)16)13(9)6-8/h3-7,18H,1-2H3. The van der Waals surface area contributed by atoms with Gasteiger partial charge in [-0.25, -0.2) is 13.4 Å². The molecule has 7 heteroatoms. The molecule has 2 aromatic heterocycles. The largest absolute Gasteiger partial charge is 0.425 e. The van der Waals surface area contributed by atoms with Crippen LogP contribution in [-0.4, -0.2) is 23.8 Å². The lowest BCUT2D eigenvalue weighted by Gasteiger charge is -2.07. The van der Waals surface area contributed by atoms with Crippen molar-refractivity contribution in [2.75, 3.05) is 0 Å². The number of rotatable bonds is 3. The van der Waals surface area contributed by atoms with Gasteiger partial charge < -0.3 is 4.74 Å². The van der Waals surface area contributed by atoms with Gasteiger partial charge in [0, 0.05) is 0 Å². The number of ether oxygens (including phenoxy) is 1. The van der Waals surface area contributed by atoms with E-state index < -0.39 is 10.7 Å². The van der Waals surface area contributed by atoms with Gasteiger partial charge in [0.2, 0.25) is 0 Å². The predicted molar refractivity (Wildman–Crippen MR) is 64.2 cm³/mol. The molecule has 0 saturated carbocycles. The number of fused-ring (bicyclic) bond motifs is 1. The van der Waals surface area contributed by atoms with E-state index in [9.17, 15) is 13.2 Å². The number of hydrogen-bond donors (Lipinski definition) is 1. The monoisotopic (exact) mass is 268 g/mol. The maximum atomic E-state index is 11.4. The van der Waals surface area contributed by atoms with Gasteiger partial charge in [0.1, 0.15) is 11.4 Å². The third-order valence-corrected chi connectivity index (χ3v) is 3.04. The van der Waals surface area contributed by atoms with Crippen LogP contribution >= 0.6 is 0 Å². The Hall–Kier alpha value is -1.89. The minimum absolute atomic E-state index is 0.0578. The Morgan fingerprint density at radius 2 is 2.11 bits per heavy atom. The average Bonchev–Trinajstić information content (AvgIpc) is 2.71. The molecular weight excluding hydrogens is 256 g/mol. The maximum Gasteiger partial charge on any atom is 0.313 e. The molecule has 0 radical (unpaired) electrons. The topological polar surface area (TPSA) is 77.7 Å². The van der Waals surface area contributed by atoms with Crippen LogP contribution in [0.15, 0.2) is 29.6 Å². The number of pyridine rings is 1. The van der Waals surface area contributed by atoms with Gasteiger partial charge in [0.25, 0.3) is 0 Å². The molecule has 0 aliphatic rings. The quantitative estimate of drug-likeness (QED) is 0.660. The highest BCUT2D eigenvalue weighted by molar-refractivity contribution is 7.72. The van der Waals surface area contributed by atoms with E-state index in [4.69, 9.17) is 4.74 Å². The van der Waals surface area contributed by atoms with Gasteiger partial charge in [-0.1, -0.05) is 13.8 Å². The first kappa shape index (κ1) is 12.6. The second-order valence-electron chi connectivity index (χ2n) is 4.04. The van der Waals surface area contributed by atoms with Crippen LogP contribution in [-0.2, 0) is 15.5 Å². The second kappa shape index (κ2) is 4.77. The fraction of sp³-hybridized carbons (Fsp3) is 0.273. The normalized spacial score (nSPS) is 11.3. The van der Waals surface area contributed by atoms with Gasteiger partial charge in [-0.15, -0.1) is 0 Å². The molecule has 0 N–H and O–H groups in total. The fourth-order valence-electron chi connectivity index (χ4n) is 1.38. The summed E-state index contributed by atoms with van der Waals surface area (Å²) in [6.07, 6.45) is 2.69. The molecule has 0 spiro atoms. The summed E-state index contributed by atoms with van der Waals surface area (Å²) in [7, 11) is -2.74. The van der Waals surface area contributed by atoms with E-state index >= 15 is 0 Å². The number of hydrogen-bond acceptors (Lipinski definition) is 5. The van der Waals surface area contributed by atoms with E-state index in [1.54, 1.807) is 26.0 Å². The van der Waals surface area contributed by atoms with E-state index in [2.05, 4.69) is 4.98 Å². The van der Waals surface area contributed by atoms with Crippen LogP contribution < -0.4 is 4.74 Å². The third kappa shape index (κ3) is 2.35. The molecule has 0 aliphatic heterocycles. The summed E-state index contributed by atoms with van der Waals surface area (Å²) in [4.78, 5) is 15.4. The molecule has 96 valence electrons. The zero-order valence-corrected chi connectivity index (χ0v) is 10.8. The minimum Gasteiger partial charge on any atom is -0.425 e. The summed E-state index contributed by atoms with van der Waals surface area (Å²) < 4.78 is 28.4. The highest BCUT2D eigenvalue weighted by Gasteiger charge is 2.11. The lowest BCUT2D eigenvalue weighted by molar-refractivity contribution is -0.137. The molecule has 6 nitrogen and oxygen atoms in total. The van der Waals surface area contributed by atoms with Crippen molar-refractivity contribution < 1.29 is 17.9 Å². The van der Waals surface area contributed by atoms with Crippen LogP contribution in [0, 0.1) is 5.92 Å². The summed E-state index contributed by atoms with van der Waals surface area (Å²) in [5.74, 6) is -0.334. The Balaban J connectivity index is 2.42. The van der Waals surface area contributed by atoms with Gasteiger partial charge in [0.05, 0.1) is 18.3 Å². The lowest BCUT2D eigenvalue weighted by atomic mass is 10.2. The first-order valence-electron chi connectivity index (χ1n) is 5.32. The maximum absolute atomic E-state index is 11.4. The lowest BCUT2D eigenvalue weighted by Crippen LogP contribution is -2.15. The van der Waals surface area contributed by atoms with E-state index in [0.29, 0.717) is 5.65 Å². The Morgan fingerprint density at radius 1 is 1.39 bits per heavy atom. The molecule has 2 aromatic rings. The van der Waals surface area contributed by atoms with Crippen molar-refractivity contribution in [1.82, 2.24) is 9.38 Å². The first-order chi connectivity index (χ1) is 8.49. The summed E-state index contributed by atoms with van der Waals surface area (Å²) in [5, 5.41) is 0.0578. The molecule has 0 unspecified atom stereocenters. The molecule has 0 aliphatic carbocycles. The molecule has 18 heavy (non-hydrogen) atoms. The number of carbonyl (C=O) groups is 1. The number of aromatic nitrogens is 2. The molecule has 0 saturated heterocycles. The molecule has 0 bridgehead atoms. The summed E-state index contributed by atoms with van der Waals surface area (Å²) in [5.41, 5.74) is 0.480. The molecule has 2 heterocycles. The van der Waals surface area contributed by atoms with Crippen molar-refractivity contribution in [1.29, 1.82) is 0 Å². The van der Waals surface area contributed by atoms with Crippen molar-refractivity contribution in [2.45, 2.75) is 18.9 Å². The predicted octanol–water partition coefficient (Wildman–Crippen LogP) is 0.866. The van der Waals surface area contributed by atoms with Crippen LogP contribution in [0.4, 0.5) is 0 Å². The first-order valence-corrected chi connectivity index (χ1v) is 6.50. The van der Waals surface area contributed by atoms with Crippen LogP contribution in [0.1, 0.15) is 13.8 Å². The van der Waals surface area contributed by atoms with Crippen molar-refractivity contribution in [3.8, 4) is 5.75 Å². The van der Waals surface area contributed by atoms with Gasteiger partial charge in [-0.05, 0) is 12.1 Å². The number of carbonyl (C=O) groups excluding carboxylic acids is 1. The van der Waals surface area contributed by atoms with Crippen LogP contribution in [0.5, 0.6) is 5.75 Å². The van der Waals surface area contributed by atoms with Gasteiger partial charge in [-0.2, -0.15) is 0 Å². The Kier molecular flexibility index (Phi) is 3.33. The zero-order chi connectivity index (χ0) is 13.3. The number of esters is 1.